The molecular weight excluding hydrogens is 278 g/mol. The lowest BCUT2D eigenvalue weighted by molar-refractivity contribution is 0.188. The summed E-state index contributed by atoms with van der Waals surface area (Å²) < 4.78 is 5.20. The van der Waals surface area contributed by atoms with Crippen molar-refractivity contribution in [2.24, 2.45) is 0 Å². The number of aliphatic hydroxyl groups is 1. The maximum Gasteiger partial charge on any atom is 0.263 e. The number of aliphatic hydroxyl groups excluding tert-OH is 1. The van der Waals surface area contributed by atoms with Crippen molar-refractivity contribution in [2.45, 2.75) is 12.5 Å². The number of nitrogens with one attached hydrogen (secondary N) is 1. The summed E-state index contributed by atoms with van der Waals surface area (Å²) >= 11 is 0. The van der Waals surface area contributed by atoms with Crippen molar-refractivity contribution in [2.75, 3.05) is 11.9 Å². The summed E-state index contributed by atoms with van der Waals surface area (Å²) in [5.74, 6) is 0.839. The summed E-state index contributed by atoms with van der Waals surface area (Å²) in [7, 11) is 0. The Hall–Kier alpha value is -2.66. The van der Waals surface area contributed by atoms with Crippen molar-refractivity contribution in [1.82, 2.24) is 10.1 Å². The summed E-state index contributed by atoms with van der Waals surface area (Å²) in [6.07, 6.45) is 0.0677. The second kappa shape index (κ2) is 6.87. The lowest BCUT2D eigenvalue weighted by Gasteiger charge is -2.10. The molecule has 0 bridgehead atoms. The standard InChI is InChI=1S/C17H17N3O2/c21-15(11-13-7-3-1-4-8-13)12-18-17-19-16(22-20-17)14-9-5-2-6-10-14/h1-10,15,21H,11-12H2,(H,18,20). The molecule has 0 aliphatic heterocycles. The number of hydrogen-bond donors (Lipinski definition) is 2. The van der Waals surface area contributed by atoms with Gasteiger partial charge in [-0.05, 0) is 22.9 Å². The van der Waals surface area contributed by atoms with E-state index in [9.17, 15) is 5.11 Å². The summed E-state index contributed by atoms with van der Waals surface area (Å²) in [6.45, 7) is 0.364. The zero-order chi connectivity index (χ0) is 15.2. The minimum Gasteiger partial charge on any atom is -0.391 e. The first-order valence-electron chi connectivity index (χ1n) is 7.16. The SMILES string of the molecule is OC(CNc1noc(-c2ccccc2)n1)Cc1ccccc1. The van der Waals surface area contributed by atoms with Crippen molar-refractivity contribution >= 4 is 5.95 Å². The van der Waals surface area contributed by atoms with Gasteiger partial charge in [-0.2, -0.15) is 4.98 Å². The smallest absolute Gasteiger partial charge is 0.263 e. The van der Waals surface area contributed by atoms with Crippen LogP contribution in [0.2, 0.25) is 0 Å². The lowest BCUT2D eigenvalue weighted by atomic mass is 10.1. The van der Waals surface area contributed by atoms with Crippen LogP contribution in [0.25, 0.3) is 11.5 Å². The van der Waals surface area contributed by atoms with Crippen molar-refractivity contribution in [3.05, 3.63) is 66.2 Å². The van der Waals surface area contributed by atoms with Gasteiger partial charge >= 0.3 is 0 Å². The molecule has 3 rings (SSSR count). The van der Waals surface area contributed by atoms with Crippen LogP contribution in [0.1, 0.15) is 5.56 Å². The molecule has 0 saturated carbocycles. The molecule has 5 nitrogen and oxygen atoms in total. The van der Waals surface area contributed by atoms with Gasteiger partial charge in [0.25, 0.3) is 11.8 Å². The van der Waals surface area contributed by atoms with Crippen LogP contribution in [0.4, 0.5) is 5.95 Å². The average Bonchev–Trinajstić information content (AvgIpc) is 3.04. The van der Waals surface area contributed by atoms with Gasteiger partial charge in [0.1, 0.15) is 0 Å². The van der Waals surface area contributed by atoms with Gasteiger partial charge in [0.2, 0.25) is 0 Å². The Morgan fingerprint density at radius 3 is 2.41 bits per heavy atom. The average molecular weight is 295 g/mol. The van der Waals surface area contributed by atoms with Crippen LogP contribution in [0.5, 0.6) is 0 Å². The van der Waals surface area contributed by atoms with Gasteiger partial charge in [0, 0.05) is 18.5 Å². The van der Waals surface area contributed by atoms with Gasteiger partial charge in [-0.25, -0.2) is 0 Å². The lowest BCUT2D eigenvalue weighted by Crippen LogP contribution is -2.22. The molecular formula is C17H17N3O2. The highest BCUT2D eigenvalue weighted by Crippen LogP contribution is 2.17. The Morgan fingerprint density at radius 2 is 1.68 bits per heavy atom. The predicted molar refractivity (Wildman–Crippen MR) is 84.4 cm³/mol. The molecule has 0 spiro atoms. The van der Waals surface area contributed by atoms with Crippen molar-refractivity contribution < 1.29 is 9.63 Å². The van der Waals surface area contributed by atoms with E-state index in [1.807, 2.05) is 60.7 Å². The van der Waals surface area contributed by atoms with Gasteiger partial charge in [0.15, 0.2) is 0 Å². The van der Waals surface area contributed by atoms with Gasteiger partial charge in [0.05, 0.1) is 6.10 Å². The van der Waals surface area contributed by atoms with Crippen molar-refractivity contribution in [1.29, 1.82) is 0 Å². The number of nitrogens with zero attached hydrogens (tertiary/aromatic N) is 2. The third-order valence-electron chi connectivity index (χ3n) is 3.26. The monoisotopic (exact) mass is 295 g/mol. The highest BCUT2D eigenvalue weighted by molar-refractivity contribution is 5.53. The first-order valence-corrected chi connectivity index (χ1v) is 7.16. The van der Waals surface area contributed by atoms with Gasteiger partial charge in [-0.3, -0.25) is 0 Å². The van der Waals surface area contributed by atoms with E-state index < -0.39 is 6.10 Å². The van der Waals surface area contributed by atoms with Gasteiger partial charge < -0.3 is 14.9 Å². The summed E-state index contributed by atoms with van der Waals surface area (Å²) in [5, 5.41) is 16.9. The van der Waals surface area contributed by atoms with E-state index >= 15 is 0 Å². The number of anilines is 1. The van der Waals surface area contributed by atoms with Crippen LogP contribution in [0, 0.1) is 0 Å². The molecule has 2 N–H and O–H groups in total. The molecule has 0 radical (unpaired) electrons. The quantitative estimate of drug-likeness (QED) is 0.731. The first kappa shape index (κ1) is 14.3. The summed E-state index contributed by atoms with van der Waals surface area (Å²) in [4.78, 5) is 4.26. The minimum absolute atomic E-state index is 0.364. The van der Waals surface area contributed by atoms with E-state index in [-0.39, 0.29) is 0 Å². The molecule has 5 heteroatoms. The Labute approximate surface area is 128 Å². The molecule has 1 atom stereocenters. The van der Waals surface area contributed by atoms with E-state index in [0.29, 0.717) is 24.8 Å². The Bertz CT molecular complexity index is 698. The fourth-order valence-electron chi connectivity index (χ4n) is 2.16. The third kappa shape index (κ3) is 3.71. The fourth-order valence-corrected chi connectivity index (χ4v) is 2.16. The van der Waals surface area contributed by atoms with E-state index in [1.165, 1.54) is 0 Å². The Balaban J connectivity index is 1.55. The largest absolute Gasteiger partial charge is 0.391 e. The van der Waals surface area contributed by atoms with Gasteiger partial charge in [-0.15, -0.1) is 0 Å². The van der Waals surface area contributed by atoms with Crippen molar-refractivity contribution in [3.63, 3.8) is 0 Å². The highest BCUT2D eigenvalue weighted by Gasteiger charge is 2.10. The van der Waals surface area contributed by atoms with Crippen LogP contribution >= 0.6 is 0 Å². The molecule has 112 valence electrons. The molecule has 0 saturated heterocycles. The zero-order valence-electron chi connectivity index (χ0n) is 12.0. The molecule has 2 aromatic carbocycles. The number of aromatic nitrogens is 2. The second-order valence-corrected chi connectivity index (χ2v) is 5.01. The van der Waals surface area contributed by atoms with Gasteiger partial charge in [-0.1, -0.05) is 48.5 Å². The van der Waals surface area contributed by atoms with E-state index in [0.717, 1.165) is 11.1 Å². The van der Waals surface area contributed by atoms with E-state index in [4.69, 9.17) is 4.52 Å². The topological polar surface area (TPSA) is 71.2 Å². The maximum absolute atomic E-state index is 10.0. The van der Waals surface area contributed by atoms with Crippen LogP contribution in [-0.2, 0) is 6.42 Å². The van der Waals surface area contributed by atoms with Crippen LogP contribution in [0.3, 0.4) is 0 Å². The Kier molecular flexibility index (Phi) is 4.46. The summed E-state index contributed by atoms with van der Waals surface area (Å²) in [5.41, 5.74) is 1.96. The number of rotatable bonds is 6. The molecule has 1 unspecified atom stereocenters. The number of benzene rings is 2. The highest BCUT2D eigenvalue weighted by atomic mass is 16.5. The van der Waals surface area contributed by atoms with Crippen molar-refractivity contribution in [3.8, 4) is 11.5 Å². The molecule has 0 amide bonds. The van der Waals surface area contributed by atoms with Crippen LogP contribution < -0.4 is 5.32 Å². The molecule has 0 fully saturated rings. The molecule has 1 heterocycles. The minimum atomic E-state index is -0.513. The molecule has 0 aliphatic carbocycles. The molecule has 0 aliphatic rings. The zero-order valence-corrected chi connectivity index (χ0v) is 12.0. The molecule has 22 heavy (non-hydrogen) atoms. The first-order chi connectivity index (χ1) is 10.8. The molecule has 3 aromatic rings. The van der Waals surface area contributed by atoms with E-state index in [2.05, 4.69) is 15.5 Å². The fraction of sp³-hybridized carbons (Fsp3) is 0.176. The summed E-state index contributed by atoms with van der Waals surface area (Å²) in [6, 6.07) is 19.4. The normalized spacial score (nSPS) is 12.0. The maximum atomic E-state index is 10.0. The third-order valence-corrected chi connectivity index (χ3v) is 3.26. The van der Waals surface area contributed by atoms with Crippen LogP contribution in [0.15, 0.2) is 65.2 Å². The predicted octanol–water partition coefficient (Wildman–Crippen LogP) is 2.75. The number of hydrogen-bond acceptors (Lipinski definition) is 5. The van der Waals surface area contributed by atoms with E-state index in [1.54, 1.807) is 0 Å². The van der Waals surface area contributed by atoms with Crippen LogP contribution in [-0.4, -0.2) is 27.9 Å². The molecule has 1 aromatic heterocycles. The second-order valence-electron chi connectivity index (χ2n) is 5.01. The Morgan fingerprint density at radius 1 is 1.00 bits per heavy atom.